The monoisotopic (exact) mass is 232 g/mol. The van der Waals surface area contributed by atoms with Crippen LogP contribution in [0.1, 0.15) is 38.7 Å². The highest BCUT2D eigenvalue weighted by Gasteiger charge is 2.26. The fourth-order valence-electron chi connectivity index (χ4n) is 2.72. The fraction of sp³-hybridized carbons (Fsp3) is 0.600. The first kappa shape index (κ1) is 12.4. The normalized spacial score (nSPS) is 20.4. The topological polar surface area (TPSA) is 29.3 Å². The molecular formula is C15H24N2. The number of unbranched alkanes of at least 4 members (excludes halogenated alkanes) is 1. The number of fused-ring (bicyclic) bond motifs is 1. The van der Waals surface area contributed by atoms with Gasteiger partial charge in [0.25, 0.3) is 0 Å². The van der Waals surface area contributed by atoms with Crippen molar-refractivity contribution in [3.63, 3.8) is 0 Å². The van der Waals surface area contributed by atoms with Gasteiger partial charge in [-0.25, -0.2) is 0 Å². The Bertz CT molecular complexity index is 362. The molecule has 1 aromatic carbocycles. The van der Waals surface area contributed by atoms with Crippen LogP contribution in [0.25, 0.3) is 0 Å². The number of hydrogen-bond acceptors (Lipinski definition) is 2. The molecule has 2 heteroatoms. The molecule has 0 aromatic heterocycles. The number of anilines is 1. The molecule has 0 amide bonds. The highest BCUT2D eigenvalue weighted by Crippen LogP contribution is 2.31. The quantitative estimate of drug-likeness (QED) is 0.845. The van der Waals surface area contributed by atoms with Crippen molar-refractivity contribution in [1.82, 2.24) is 0 Å². The Balaban J connectivity index is 2.01. The average Bonchev–Trinajstić information content (AvgIpc) is 2.64. The molecule has 17 heavy (non-hydrogen) atoms. The molecule has 94 valence electrons. The number of para-hydroxylation sites is 1. The molecule has 2 unspecified atom stereocenters. The van der Waals surface area contributed by atoms with E-state index in [0.717, 1.165) is 19.4 Å². The highest BCUT2D eigenvalue weighted by molar-refractivity contribution is 5.59. The Morgan fingerprint density at radius 2 is 2.18 bits per heavy atom. The number of nitrogens with zero attached hydrogens (tertiary/aromatic N) is 1. The van der Waals surface area contributed by atoms with Crippen LogP contribution in [0, 0.1) is 0 Å². The maximum absolute atomic E-state index is 6.22. The fourth-order valence-corrected chi connectivity index (χ4v) is 2.72. The minimum atomic E-state index is 0.309. The standard InChI is InChI=1S/C15H24N2/c1-3-4-8-14(16)11-17-12(2)10-13-7-5-6-9-15(13)17/h5-7,9,12,14H,3-4,8,10-11,16H2,1-2H3. The van der Waals surface area contributed by atoms with E-state index < -0.39 is 0 Å². The van der Waals surface area contributed by atoms with Gasteiger partial charge in [0.05, 0.1) is 0 Å². The van der Waals surface area contributed by atoms with Gasteiger partial charge in [-0.3, -0.25) is 0 Å². The van der Waals surface area contributed by atoms with Gasteiger partial charge in [0, 0.05) is 24.3 Å². The summed E-state index contributed by atoms with van der Waals surface area (Å²) >= 11 is 0. The van der Waals surface area contributed by atoms with Crippen LogP contribution in [0.4, 0.5) is 5.69 Å². The molecule has 2 atom stereocenters. The van der Waals surface area contributed by atoms with Crippen LogP contribution in [0.5, 0.6) is 0 Å². The Morgan fingerprint density at radius 1 is 1.41 bits per heavy atom. The molecule has 1 aliphatic heterocycles. The lowest BCUT2D eigenvalue weighted by Crippen LogP contribution is -2.40. The van der Waals surface area contributed by atoms with Crippen LogP contribution in [-0.2, 0) is 6.42 Å². The van der Waals surface area contributed by atoms with E-state index in [1.54, 1.807) is 0 Å². The van der Waals surface area contributed by atoms with E-state index in [0.29, 0.717) is 12.1 Å². The molecular weight excluding hydrogens is 208 g/mol. The van der Waals surface area contributed by atoms with Gasteiger partial charge < -0.3 is 10.6 Å². The van der Waals surface area contributed by atoms with E-state index in [1.807, 2.05) is 0 Å². The van der Waals surface area contributed by atoms with Gasteiger partial charge in [0.15, 0.2) is 0 Å². The largest absolute Gasteiger partial charge is 0.367 e. The highest BCUT2D eigenvalue weighted by atomic mass is 15.2. The molecule has 2 nitrogen and oxygen atoms in total. The average molecular weight is 232 g/mol. The Labute approximate surface area is 105 Å². The molecule has 2 N–H and O–H groups in total. The van der Waals surface area contributed by atoms with Crippen LogP contribution >= 0.6 is 0 Å². The summed E-state index contributed by atoms with van der Waals surface area (Å²) in [4.78, 5) is 2.48. The number of benzene rings is 1. The van der Waals surface area contributed by atoms with Crippen LogP contribution < -0.4 is 10.6 Å². The lowest BCUT2D eigenvalue weighted by molar-refractivity contribution is 0.540. The Hall–Kier alpha value is -1.02. The van der Waals surface area contributed by atoms with Crippen molar-refractivity contribution < 1.29 is 0 Å². The first-order valence-corrected chi connectivity index (χ1v) is 6.82. The van der Waals surface area contributed by atoms with E-state index in [2.05, 4.69) is 43.0 Å². The molecule has 0 saturated heterocycles. The first-order valence-electron chi connectivity index (χ1n) is 6.82. The van der Waals surface area contributed by atoms with Gasteiger partial charge in [-0.05, 0) is 31.4 Å². The summed E-state index contributed by atoms with van der Waals surface area (Å²) in [6.07, 6.45) is 4.78. The summed E-state index contributed by atoms with van der Waals surface area (Å²) in [5, 5.41) is 0. The second-order valence-electron chi connectivity index (χ2n) is 5.24. The third-order valence-corrected chi connectivity index (χ3v) is 3.71. The summed E-state index contributed by atoms with van der Waals surface area (Å²) in [6.45, 7) is 5.52. The summed E-state index contributed by atoms with van der Waals surface area (Å²) < 4.78 is 0. The minimum Gasteiger partial charge on any atom is -0.367 e. The van der Waals surface area contributed by atoms with E-state index in [9.17, 15) is 0 Å². The second kappa shape index (κ2) is 5.54. The Morgan fingerprint density at radius 3 is 2.94 bits per heavy atom. The van der Waals surface area contributed by atoms with Crippen molar-refractivity contribution in [3.05, 3.63) is 29.8 Å². The van der Waals surface area contributed by atoms with Crippen LogP contribution in [0.3, 0.4) is 0 Å². The summed E-state index contributed by atoms with van der Waals surface area (Å²) in [6, 6.07) is 9.63. The lowest BCUT2D eigenvalue weighted by Gasteiger charge is -2.28. The second-order valence-corrected chi connectivity index (χ2v) is 5.24. The maximum atomic E-state index is 6.22. The summed E-state index contributed by atoms with van der Waals surface area (Å²) in [5.74, 6) is 0. The van der Waals surface area contributed by atoms with E-state index in [4.69, 9.17) is 5.73 Å². The number of rotatable bonds is 5. The predicted octanol–water partition coefficient (Wildman–Crippen LogP) is 2.96. The van der Waals surface area contributed by atoms with Crippen molar-refractivity contribution in [3.8, 4) is 0 Å². The molecule has 1 aromatic rings. The third-order valence-electron chi connectivity index (χ3n) is 3.71. The van der Waals surface area contributed by atoms with Crippen molar-refractivity contribution in [2.75, 3.05) is 11.4 Å². The zero-order valence-corrected chi connectivity index (χ0v) is 11.0. The molecule has 1 aliphatic rings. The van der Waals surface area contributed by atoms with E-state index in [1.165, 1.54) is 24.1 Å². The SMILES string of the molecule is CCCCC(N)CN1c2ccccc2CC1C. The van der Waals surface area contributed by atoms with Gasteiger partial charge >= 0.3 is 0 Å². The Kier molecular flexibility index (Phi) is 4.06. The van der Waals surface area contributed by atoms with Crippen molar-refractivity contribution in [2.45, 2.75) is 51.6 Å². The van der Waals surface area contributed by atoms with Gasteiger partial charge in [-0.15, -0.1) is 0 Å². The lowest BCUT2D eigenvalue weighted by atomic mass is 10.1. The minimum absolute atomic E-state index is 0.309. The zero-order valence-electron chi connectivity index (χ0n) is 11.0. The van der Waals surface area contributed by atoms with Crippen LogP contribution in [0.15, 0.2) is 24.3 Å². The molecule has 0 bridgehead atoms. The summed E-state index contributed by atoms with van der Waals surface area (Å²) in [7, 11) is 0. The molecule has 2 rings (SSSR count). The van der Waals surface area contributed by atoms with Crippen molar-refractivity contribution in [2.24, 2.45) is 5.73 Å². The van der Waals surface area contributed by atoms with Crippen molar-refractivity contribution >= 4 is 5.69 Å². The summed E-state index contributed by atoms with van der Waals surface area (Å²) in [5.41, 5.74) is 9.09. The molecule has 0 saturated carbocycles. The van der Waals surface area contributed by atoms with Crippen molar-refractivity contribution in [1.29, 1.82) is 0 Å². The van der Waals surface area contributed by atoms with Gasteiger partial charge in [0.1, 0.15) is 0 Å². The predicted molar refractivity (Wildman–Crippen MR) is 74.5 cm³/mol. The van der Waals surface area contributed by atoms with Gasteiger partial charge in [-0.1, -0.05) is 38.0 Å². The van der Waals surface area contributed by atoms with Gasteiger partial charge in [0.2, 0.25) is 0 Å². The third kappa shape index (κ3) is 2.81. The molecule has 0 spiro atoms. The molecule has 1 heterocycles. The smallest absolute Gasteiger partial charge is 0.0402 e. The van der Waals surface area contributed by atoms with E-state index >= 15 is 0 Å². The van der Waals surface area contributed by atoms with Crippen LogP contribution in [-0.4, -0.2) is 18.6 Å². The molecule has 0 radical (unpaired) electrons. The number of nitrogens with two attached hydrogens (primary N) is 1. The molecule has 0 aliphatic carbocycles. The maximum Gasteiger partial charge on any atom is 0.0402 e. The number of hydrogen-bond donors (Lipinski definition) is 1. The molecule has 0 fully saturated rings. The zero-order chi connectivity index (χ0) is 12.3. The first-order chi connectivity index (χ1) is 8.22. The van der Waals surface area contributed by atoms with Gasteiger partial charge in [-0.2, -0.15) is 0 Å². The van der Waals surface area contributed by atoms with E-state index in [-0.39, 0.29) is 0 Å². The van der Waals surface area contributed by atoms with Crippen LogP contribution in [0.2, 0.25) is 0 Å².